The number of nitrogens with one attached hydrogen (secondary N) is 4. The molecular formula is C31H43N5O8. The van der Waals surface area contributed by atoms with Crippen molar-refractivity contribution in [1.29, 1.82) is 0 Å². The van der Waals surface area contributed by atoms with E-state index in [1.54, 1.807) is 26.0 Å². The Hall–Kier alpha value is -3.55. The van der Waals surface area contributed by atoms with Crippen molar-refractivity contribution in [2.24, 2.45) is 5.92 Å². The molecule has 0 bridgehead atoms. The fourth-order valence-electron chi connectivity index (χ4n) is 6.06. The van der Waals surface area contributed by atoms with Crippen LogP contribution in [-0.2, 0) is 41.6 Å². The van der Waals surface area contributed by atoms with E-state index < -0.39 is 41.6 Å². The van der Waals surface area contributed by atoms with Gasteiger partial charge < -0.3 is 35.5 Å². The lowest BCUT2D eigenvalue weighted by Gasteiger charge is -2.28. The molecule has 13 nitrogen and oxygen atoms in total. The lowest BCUT2D eigenvalue weighted by molar-refractivity contribution is -0.134. The average molecular weight is 614 g/mol. The minimum absolute atomic E-state index is 0.116. The lowest BCUT2D eigenvalue weighted by Crippen LogP contribution is -2.57. The molecule has 4 aliphatic rings. The van der Waals surface area contributed by atoms with E-state index >= 15 is 0 Å². The van der Waals surface area contributed by atoms with E-state index in [4.69, 9.17) is 14.2 Å². The number of ether oxygens (including phenoxy) is 3. The van der Waals surface area contributed by atoms with Gasteiger partial charge in [-0.15, -0.1) is 0 Å². The summed E-state index contributed by atoms with van der Waals surface area (Å²) in [6.07, 6.45) is 4.32. The number of epoxide rings is 1. The van der Waals surface area contributed by atoms with E-state index in [0.29, 0.717) is 51.0 Å². The van der Waals surface area contributed by atoms with Gasteiger partial charge in [-0.05, 0) is 37.8 Å². The maximum Gasteiger partial charge on any atom is 0.412 e. The summed E-state index contributed by atoms with van der Waals surface area (Å²) in [6, 6.07) is 2.53. The Labute approximate surface area is 257 Å². The van der Waals surface area contributed by atoms with Crippen LogP contribution in [0.4, 0.5) is 4.79 Å². The number of amides is 4. The molecule has 5 rings (SSSR count). The Kier molecular flexibility index (Phi) is 10.2. The number of Topliss-reactive ketones (excluding diaryl/α,β-unsaturated/α-hetero) is 1. The molecular weight excluding hydrogens is 570 g/mol. The molecule has 44 heavy (non-hydrogen) atoms. The third-order valence-electron chi connectivity index (χ3n) is 8.84. The van der Waals surface area contributed by atoms with Gasteiger partial charge in [0.2, 0.25) is 17.7 Å². The molecule has 240 valence electrons. The van der Waals surface area contributed by atoms with Crippen LogP contribution in [0.1, 0.15) is 57.1 Å². The van der Waals surface area contributed by atoms with Gasteiger partial charge >= 0.3 is 6.09 Å². The van der Waals surface area contributed by atoms with Crippen LogP contribution in [0, 0.1) is 5.92 Å². The molecule has 4 N–H and O–H groups in total. The molecule has 1 saturated carbocycles. The van der Waals surface area contributed by atoms with Crippen LogP contribution in [-0.4, -0.2) is 97.7 Å². The smallest absolute Gasteiger partial charge is 0.410 e. The van der Waals surface area contributed by atoms with Gasteiger partial charge in [-0.2, -0.15) is 0 Å². The van der Waals surface area contributed by atoms with E-state index in [0.717, 1.165) is 36.8 Å². The van der Waals surface area contributed by atoms with Crippen molar-refractivity contribution in [1.82, 2.24) is 26.2 Å². The highest BCUT2D eigenvalue weighted by atomic mass is 16.6. The molecule has 2 saturated heterocycles. The zero-order valence-corrected chi connectivity index (χ0v) is 25.4. The Morgan fingerprint density at radius 3 is 2.45 bits per heavy atom. The number of carbonyl (C=O) groups is 5. The quantitative estimate of drug-likeness (QED) is 0.233. The Bertz CT molecular complexity index is 1260. The minimum Gasteiger partial charge on any atom is -0.410 e. The Balaban J connectivity index is 1.29. The number of carbonyl (C=O) groups excluding carboxylic acids is 5. The number of morpholine rings is 1. The normalized spacial score (nSPS) is 23.7. The summed E-state index contributed by atoms with van der Waals surface area (Å²) in [6.45, 7) is 6.41. The fourth-order valence-corrected chi connectivity index (χ4v) is 6.06. The first kappa shape index (κ1) is 31.9. The van der Waals surface area contributed by atoms with Gasteiger partial charge in [-0.1, -0.05) is 37.8 Å². The molecule has 0 aromatic heterocycles. The number of ketones is 1. The summed E-state index contributed by atoms with van der Waals surface area (Å²) in [4.78, 5) is 66.8. The largest absolute Gasteiger partial charge is 0.412 e. The lowest BCUT2D eigenvalue weighted by atomic mass is 9.90. The molecule has 4 atom stereocenters. The second-order valence-electron chi connectivity index (χ2n) is 12.5. The average Bonchev–Trinajstić information content (AvgIpc) is 3.54. The van der Waals surface area contributed by atoms with Gasteiger partial charge in [0.1, 0.15) is 23.4 Å². The highest BCUT2D eigenvalue weighted by Crippen LogP contribution is 2.33. The second kappa shape index (κ2) is 14.0. The van der Waals surface area contributed by atoms with Crippen LogP contribution in [0.15, 0.2) is 18.2 Å². The molecule has 4 amide bonds. The predicted molar refractivity (Wildman–Crippen MR) is 158 cm³/mol. The number of benzene rings is 1. The maximum absolute atomic E-state index is 13.9. The summed E-state index contributed by atoms with van der Waals surface area (Å²) in [7, 11) is 0. The molecule has 13 heteroatoms. The molecule has 1 aromatic carbocycles. The fraction of sp³-hybridized carbons (Fsp3) is 0.645. The third kappa shape index (κ3) is 8.33. The topological polar surface area (TPSA) is 168 Å². The first-order valence-electron chi connectivity index (χ1n) is 15.6. The van der Waals surface area contributed by atoms with Crippen LogP contribution in [0.3, 0.4) is 0 Å². The summed E-state index contributed by atoms with van der Waals surface area (Å²) in [5.41, 5.74) is 0.561. The van der Waals surface area contributed by atoms with Gasteiger partial charge in [0.25, 0.3) is 0 Å². The second-order valence-corrected chi connectivity index (χ2v) is 12.5. The van der Waals surface area contributed by atoms with Gasteiger partial charge in [0.05, 0.1) is 32.4 Å². The minimum atomic E-state index is -1.04. The molecule has 1 aliphatic carbocycles. The van der Waals surface area contributed by atoms with E-state index in [2.05, 4.69) is 21.3 Å². The van der Waals surface area contributed by atoms with Gasteiger partial charge in [0.15, 0.2) is 5.78 Å². The maximum atomic E-state index is 13.9. The standard InChI is InChI=1S/C31H43N5O8/c1-19(33-26(37)17-36-9-11-42-12-10-36)28(39)35-24(15-21-7-8-25-22(13-21)16-32-30(41)44-25)29(40)34-23(14-20-5-3-4-6-20)27(38)31(2)18-43-31/h7-8,13,19-20,23-24H,3-6,9-12,14-18H2,1-2H3,(H,32,41)(H,33,37)(H,34,40)(H,35,39)/t19-,23-,24-,31-/m0/s1. The van der Waals surface area contributed by atoms with Crippen molar-refractivity contribution < 1.29 is 38.2 Å². The molecule has 3 heterocycles. The molecule has 0 spiro atoms. The van der Waals surface area contributed by atoms with Crippen molar-refractivity contribution in [3.05, 3.63) is 29.3 Å². The SMILES string of the molecule is C[C@H](NC(=O)CN1CCOCC1)C(=O)N[C@@H](Cc1ccc2c(c1)CNC(=O)O2)C(=O)N[C@@H](CC1CCCC1)C(=O)[C@]1(C)CO1. The van der Waals surface area contributed by atoms with Gasteiger partial charge in [-0.25, -0.2) is 4.79 Å². The Morgan fingerprint density at radius 1 is 1.05 bits per heavy atom. The van der Waals surface area contributed by atoms with Crippen molar-refractivity contribution >= 4 is 29.6 Å². The zero-order valence-electron chi connectivity index (χ0n) is 25.4. The van der Waals surface area contributed by atoms with E-state index in [1.165, 1.54) is 0 Å². The monoisotopic (exact) mass is 613 g/mol. The summed E-state index contributed by atoms with van der Waals surface area (Å²) >= 11 is 0. The molecule has 3 aliphatic heterocycles. The summed E-state index contributed by atoms with van der Waals surface area (Å²) in [5, 5.41) is 11.1. The summed E-state index contributed by atoms with van der Waals surface area (Å²) in [5.74, 6) is -0.713. The first-order chi connectivity index (χ1) is 21.1. The van der Waals surface area contributed by atoms with Gasteiger partial charge in [0, 0.05) is 31.6 Å². The number of hydrogen-bond acceptors (Lipinski definition) is 9. The van der Waals surface area contributed by atoms with E-state index in [-0.39, 0.29) is 31.2 Å². The Morgan fingerprint density at radius 2 is 1.75 bits per heavy atom. The van der Waals surface area contributed by atoms with Crippen LogP contribution in [0.2, 0.25) is 0 Å². The van der Waals surface area contributed by atoms with Crippen molar-refractivity contribution in [3.63, 3.8) is 0 Å². The highest BCUT2D eigenvalue weighted by molar-refractivity contribution is 5.98. The molecule has 0 radical (unpaired) electrons. The molecule has 1 aromatic rings. The number of rotatable bonds is 13. The number of fused-ring (bicyclic) bond motifs is 1. The van der Waals surface area contributed by atoms with E-state index in [1.807, 2.05) is 11.0 Å². The van der Waals surface area contributed by atoms with E-state index in [9.17, 15) is 24.0 Å². The number of hydrogen-bond donors (Lipinski definition) is 4. The van der Waals surface area contributed by atoms with Crippen LogP contribution >= 0.6 is 0 Å². The predicted octanol–water partition coefficient (Wildman–Crippen LogP) is 0.576. The summed E-state index contributed by atoms with van der Waals surface area (Å²) < 4.78 is 16.0. The van der Waals surface area contributed by atoms with Crippen LogP contribution in [0.5, 0.6) is 5.75 Å². The van der Waals surface area contributed by atoms with Crippen molar-refractivity contribution in [3.8, 4) is 5.75 Å². The zero-order chi connectivity index (χ0) is 31.3. The van der Waals surface area contributed by atoms with Gasteiger partial charge in [-0.3, -0.25) is 24.1 Å². The van der Waals surface area contributed by atoms with Crippen LogP contribution in [0.25, 0.3) is 0 Å². The van der Waals surface area contributed by atoms with Crippen molar-refractivity contribution in [2.75, 3.05) is 39.5 Å². The van der Waals surface area contributed by atoms with Crippen molar-refractivity contribution in [2.45, 2.75) is 82.6 Å². The third-order valence-corrected chi connectivity index (χ3v) is 8.84. The first-order valence-corrected chi connectivity index (χ1v) is 15.6. The van der Waals surface area contributed by atoms with Crippen LogP contribution < -0.4 is 26.0 Å². The highest BCUT2D eigenvalue weighted by Gasteiger charge is 2.50. The molecule has 0 unspecified atom stereocenters. The molecule has 3 fully saturated rings. The number of nitrogens with zero attached hydrogens (tertiary/aromatic N) is 1.